The predicted molar refractivity (Wildman–Crippen MR) is 96.9 cm³/mol. The van der Waals surface area contributed by atoms with Gasteiger partial charge in [0.15, 0.2) is 0 Å². The molecule has 1 amide bonds. The molecule has 24 heavy (non-hydrogen) atoms. The minimum atomic E-state index is -0.0225. The maximum absolute atomic E-state index is 12.2. The van der Waals surface area contributed by atoms with Crippen molar-refractivity contribution in [3.8, 4) is 11.5 Å². The van der Waals surface area contributed by atoms with Crippen LogP contribution in [0.5, 0.6) is 0 Å². The van der Waals surface area contributed by atoms with Gasteiger partial charge in [0.2, 0.25) is 11.8 Å². The van der Waals surface area contributed by atoms with Crippen molar-refractivity contribution in [1.29, 1.82) is 0 Å². The molecule has 0 N–H and O–H groups in total. The van der Waals surface area contributed by atoms with E-state index in [0.29, 0.717) is 24.2 Å². The first-order chi connectivity index (χ1) is 11.5. The van der Waals surface area contributed by atoms with Crippen molar-refractivity contribution in [2.24, 2.45) is 0 Å². The van der Waals surface area contributed by atoms with E-state index in [9.17, 15) is 4.79 Å². The van der Waals surface area contributed by atoms with E-state index < -0.39 is 0 Å². The highest BCUT2D eigenvalue weighted by Crippen LogP contribution is 2.24. The van der Waals surface area contributed by atoms with Crippen molar-refractivity contribution in [2.45, 2.75) is 19.1 Å². The average molecular weight is 343 g/mol. The highest BCUT2D eigenvalue weighted by Gasteiger charge is 2.15. The van der Waals surface area contributed by atoms with Gasteiger partial charge >= 0.3 is 0 Å². The number of nitrogens with zero attached hydrogens (tertiary/aromatic N) is 3. The molecule has 1 aromatic carbocycles. The third-order valence-corrected chi connectivity index (χ3v) is 4.33. The summed E-state index contributed by atoms with van der Waals surface area (Å²) in [6.07, 6.45) is 3.38. The van der Waals surface area contributed by atoms with Crippen molar-refractivity contribution in [3.63, 3.8) is 0 Å². The largest absolute Gasteiger partial charge is 0.411 e. The van der Waals surface area contributed by atoms with Crippen LogP contribution in [0.4, 0.5) is 0 Å². The summed E-state index contributed by atoms with van der Waals surface area (Å²) in [4.78, 5) is 13.8. The van der Waals surface area contributed by atoms with E-state index in [4.69, 9.17) is 4.42 Å². The van der Waals surface area contributed by atoms with Crippen LogP contribution in [0.2, 0.25) is 0 Å². The SMILES string of the molecule is C=CCN(CC=C)C(=O)CSc1nnc(-c2ccc(C)c(C)c2)o1. The molecule has 0 spiro atoms. The quantitative estimate of drug-likeness (QED) is 0.541. The van der Waals surface area contributed by atoms with Crippen molar-refractivity contribution < 1.29 is 9.21 Å². The number of hydrogen-bond donors (Lipinski definition) is 0. The van der Waals surface area contributed by atoms with Crippen LogP contribution in [0.3, 0.4) is 0 Å². The van der Waals surface area contributed by atoms with Gasteiger partial charge in [0, 0.05) is 18.7 Å². The topological polar surface area (TPSA) is 59.2 Å². The van der Waals surface area contributed by atoms with E-state index in [1.54, 1.807) is 17.1 Å². The van der Waals surface area contributed by atoms with Crippen LogP contribution in [-0.2, 0) is 4.79 Å². The molecule has 0 aliphatic heterocycles. The van der Waals surface area contributed by atoms with Gasteiger partial charge < -0.3 is 9.32 Å². The molecule has 0 fully saturated rings. The summed E-state index contributed by atoms with van der Waals surface area (Å²) in [6, 6.07) is 5.98. The summed E-state index contributed by atoms with van der Waals surface area (Å²) in [6.45, 7) is 12.4. The molecule has 2 rings (SSSR count). The van der Waals surface area contributed by atoms with Crippen molar-refractivity contribution in [2.75, 3.05) is 18.8 Å². The van der Waals surface area contributed by atoms with Gasteiger partial charge in [-0.05, 0) is 37.1 Å². The number of rotatable bonds is 8. The number of benzene rings is 1. The van der Waals surface area contributed by atoms with E-state index in [2.05, 4.69) is 30.3 Å². The van der Waals surface area contributed by atoms with Gasteiger partial charge in [-0.3, -0.25) is 4.79 Å². The van der Waals surface area contributed by atoms with Crippen LogP contribution in [0, 0.1) is 13.8 Å². The second kappa shape index (κ2) is 8.49. The standard InChI is InChI=1S/C18H21N3O2S/c1-5-9-21(10-6-2)16(22)12-24-18-20-19-17(23-18)15-8-7-13(3)14(4)11-15/h5-8,11H,1-2,9-10,12H2,3-4H3. The highest BCUT2D eigenvalue weighted by atomic mass is 32.2. The minimum Gasteiger partial charge on any atom is -0.411 e. The van der Waals surface area contributed by atoms with E-state index in [1.807, 2.05) is 25.1 Å². The van der Waals surface area contributed by atoms with E-state index in [-0.39, 0.29) is 11.7 Å². The lowest BCUT2D eigenvalue weighted by Crippen LogP contribution is -2.32. The number of carbonyl (C=O) groups is 1. The molecular formula is C18H21N3O2S. The second-order valence-corrected chi connectivity index (χ2v) is 6.26. The van der Waals surface area contributed by atoms with Gasteiger partial charge in [-0.15, -0.1) is 23.4 Å². The van der Waals surface area contributed by atoms with E-state index in [1.165, 1.54) is 22.9 Å². The Balaban J connectivity index is 2.00. The van der Waals surface area contributed by atoms with Crippen molar-refractivity contribution >= 4 is 17.7 Å². The minimum absolute atomic E-state index is 0.0225. The maximum atomic E-state index is 12.2. The highest BCUT2D eigenvalue weighted by molar-refractivity contribution is 7.99. The molecule has 0 saturated carbocycles. The molecular weight excluding hydrogens is 322 g/mol. The Bertz CT molecular complexity index is 730. The van der Waals surface area contributed by atoms with E-state index in [0.717, 1.165) is 5.56 Å². The lowest BCUT2D eigenvalue weighted by atomic mass is 10.1. The summed E-state index contributed by atoms with van der Waals surface area (Å²) >= 11 is 1.23. The number of thioether (sulfide) groups is 1. The summed E-state index contributed by atoms with van der Waals surface area (Å²) in [5.74, 6) is 0.670. The summed E-state index contributed by atoms with van der Waals surface area (Å²) in [5, 5.41) is 8.44. The summed E-state index contributed by atoms with van der Waals surface area (Å²) in [5.41, 5.74) is 3.26. The Hall–Kier alpha value is -2.34. The Morgan fingerprint density at radius 3 is 2.54 bits per heavy atom. The lowest BCUT2D eigenvalue weighted by Gasteiger charge is -2.18. The normalized spacial score (nSPS) is 10.4. The molecule has 0 saturated heterocycles. The smallest absolute Gasteiger partial charge is 0.277 e. The lowest BCUT2D eigenvalue weighted by molar-refractivity contribution is -0.127. The molecule has 2 aromatic rings. The van der Waals surface area contributed by atoms with Crippen LogP contribution in [0.1, 0.15) is 11.1 Å². The Morgan fingerprint density at radius 2 is 1.92 bits per heavy atom. The maximum Gasteiger partial charge on any atom is 0.277 e. The average Bonchev–Trinajstić information content (AvgIpc) is 3.04. The van der Waals surface area contributed by atoms with Crippen LogP contribution in [-0.4, -0.2) is 39.8 Å². The van der Waals surface area contributed by atoms with Gasteiger partial charge in [-0.2, -0.15) is 0 Å². The fraction of sp³-hybridized carbons (Fsp3) is 0.278. The molecule has 6 heteroatoms. The molecule has 0 bridgehead atoms. The van der Waals surface area contributed by atoms with E-state index >= 15 is 0 Å². The first-order valence-electron chi connectivity index (χ1n) is 7.58. The Labute approximate surface area is 146 Å². The second-order valence-electron chi connectivity index (χ2n) is 5.34. The Morgan fingerprint density at radius 1 is 1.21 bits per heavy atom. The molecule has 1 heterocycles. The van der Waals surface area contributed by atoms with Gasteiger partial charge in [-0.1, -0.05) is 30.0 Å². The van der Waals surface area contributed by atoms with Crippen molar-refractivity contribution in [1.82, 2.24) is 15.1 Å². The predicted octanol–water partition coefficient (Wildman–Crippen LogP) is 3.65. The van der Waals surface area contributed by atoms with Crippen LogP contribution < -0.4 is 0 Å². The fourth-order valence-corrected chi connectivity index (χ4v) is 2.73. The molecule has 0 aliphatic carbocycles. The molecule has 0 atom stereocenters. The summed E-state index contributed by atoms with van der Waals surface area (Å²) < 4.78 is 5.64. The van der Waals surface area contributed by atoms with Gasteiger partial charge in [0.1, 0.15) is 0 Å². The number of aryl methyl sites for hydroxylation is 2. The molecule has 126 valence electrons. The first kappa shape index (κ1) is 18.0. The number of aromatic nitrogens is 2. The molecule has 0 unspecified atom stereocenters. The van der Waals surface area contributed by atoms with Gasteiger partial charge in [0.05, 0.1) is 5.75 Å². The number of amides is 1. The zero-order valence-corrected chi connectivity index (χ0v) is 14.8. The van der Waals surface area contributed by atoms with Gasteiger partial charge in [-0.25, -0.2) is 0 Å². The number of hydrogen-bond acceptors (Lipinski definition) is 5. The molecule has 5 nitrogen and oxygen atoms in total. The molecule has 0 radical (unpaired) electrons. The van der Waals surface area contributed by atoms with Crippen LogP contribution in [0.25, 0.3) is 11.5 Å². The van der Waals surface area contributed by atoms with Crippen LogP contribution >= 0.6 is 11.8 Å². The molecule has 1 aromatic heterocycles. The zero-order valence-electron chi connectivity index (χ0n) is 14.0. The first-order valence-corrected chi connectivity index (χ1v) is 8.57. The fourth-order valence-electron chi connectivity index (χ4n) is 2.06. The van der Waals surface area contributed by atoms with Crippen molar-refractivity contribution in [3.05, 3.63) is 54.6 Å². The Kier molecular flexibility index (Phi) is 6.37. The number of carbonyl (C=O) groups excluding carboxylic acids is 1. The summed E-state index contributed by atoms with van der Waals surface area (Å²) in [7, 11) is 0. The zero-order chi connectivity index (χ0) is 17.5. The van der Waals surface area contributed by atoms with Crippen LogP contribution in [0.15, 0.2) is 53.1 Å². The third-order valence-electron chi connectivity index (χ3n) is 3.53. The molecule has 0 aliphatic rings. The van der Waals surface area contributed by atoms with Gasteiger partial charge in [0.25, 0.3) is 5.22 Å². The monoisotopic (exact) mass is 343 g/mol. The third kappa shape index (κ3) is 4.58.